The SMILES string of the molecule is Nc1c(OCC(=O)O)cccc1C(=O)O. The first-order chi connectivity index (χ1) is 7.02. The molecule has 0 aliphatic carbocycles. The summed E-state index contributed by atoms with van der Waals surface area (Å²) in [5.41, 5.74) is 5.28. The Bertz CT molecular complexity index is 401. The Morgan fingerprint density at radius 2 is 2.00 bits per heavy atom. The zero-order valence-corrected chi connectivity index (χ0v) is 7.64. The molecule has 0 spiro atoms. The summed E-state index contributed by atoms with van der Waals surface area (Å²) in [6.07, 6.45) is 0. The van der Waals surface area contributed by atoms with Crippen molar-refractivity contribution in [2.75, 3.05) is 12.3 Å². The lowest BCUT2D eigenvalue weighted by atomic mass is 10.1. The highest BCUT2D eigenvalue weighted by Crippen LogP contribution is 2.24. The molecule has 0 aromatic heterocycles. The molecule has 1 aromatic carbocycles. The third-order valence-electron chi connectivity index (χ3n) is 1.65. The number of rotatable bonds is 4. The molecule has 0 radical (unpaired) electrons. The van der Waals surface area contributed by atoms with Gasteiger partial charge in [0.2, 0.25) is 0 Å². The second-order valence-corrected chi connectivity index (χ2v) is 2.70. The van der Waals surface area contributed by atoms with E-state index in [9.17, 15) is 9.59 Å². The van der Waals surface area contributed by atoms with Gasteiger partial charge in [-0.1, -0.05) is 6.07 Å². The molecule has 6 nitrogen and oxygen atoms in total. The number of benzene rings is 1. The normalized spacial score (nSPS) is 9.60. The van der Waals surface area contributed by atoms with Gasteiger partial charge in [0.15, 0.2) is 6.61 Å². The first-order valence-corrected chi connectivity index (χ1v) is 3.98. The van der Waals surface area contributed by atoms with E-state index in [-0.39, 0.29) is 17.0 Å². The van der Waals surface area contributed by atoms with Crippen LogP contribution >= 0.6 is 0 Å². The highest BCUT2D eigenvalue weighted by molar-refractivity contribution is 5.95. The first-order valence-electron chi connectivity index (χ1n) is 3.98. The monoisotopic (exact) mass is 211 g/mol. The quantitative estimate of drug-likeness (QED) is 0.623. The van der Waals surface area contributed by atoms with Crippen LogP contribution in [0.15, 0.2) is 18.2 Å². The maximum Gasteiger partial charge on any atom is 0.341 e. The second kappa shape index (κ2) is 4.32. The van der Waals surface area contributed by atoms with Crippen molar-refractivity contribution in [3.05, 3.63) is 23.8 Å². The van der Waals surface area contributed by atoms with Gasteiger partial charge in [-0.3, -0.25) is 0 Å². The summed E-state index contributed by atoms with van der Waals surface area (Å²) in [7, 11) is 0. The Morgan fingerprint density at radius 1 is 1.33 bits per heavy atom. The van der Waals surface area contributed by atoms with Crippen molar-refractivity contribution < 1.29 is 24.5 Å². The van der Waals surface area contributed by atoms with Crippen molar-refractivity contribution in [1.82, 2.24) is 0 Å². The molecule has 0 saturated heterocycles. The van der Waals surface area contributed by atoms with E-state index in [1.807, 2.05) is 0 Å². The van der Waals surface area contributed by atoms with Crippen LogP contribution in [0, 0.1) is 0 Å². The molecule has 0 aliphatic heterocycles. The predicted octanol–water partition coefficient (Wildman–Crippen LogP) is 0.430. The van der Waals surface area contributed by atoms with Crippen molar-refractivity contribution in [2.45, 2.75) is 0 Å². The summed E-state index contributed by atoms with van der Waals surface area (Å²) < 4.78 is 4.80. The zero-order valence-electron chi connectivity index (χ0n) is 7.64. The molecule has 15 heavy (non-hydrogen) atoms. The maximum absolute atomic E-state index is 10.7. The van der Waals surface area contributed by atoms with Crippen molar-refractivity contribution >= 4 is 17.6 Å². The number of hydrogen-bond acceptors (Lipinski definition) is 4. The van der Waals surface area contributed by atoms with Crippen LogP contribution in [0.1, 0.15) is 10.4 Å². The van der Waals surface area contributed by atoms with Gasteiger partial charge in [0.05, 0.1) is 11.3 Å². The summed E-state index contributed by atoms with van der Waals surface area (Å²) in [6.45, 7) is -0.562. The fourth-order valence-corrected chi connectivity index (χ4v) is 0.996. The summed E-state index contributed by atoms with van der Waals surface area (Å²) >= 11 is 0. The smallest absolute Gasteiger partial charge is 0.341 e. The molecule has 0 atom stereocenters. The molecule has 0 saturated carbocycles. The average molecular weight is 211 g/mol. The lowest BCUT2D eigenvalue weighted by Crippen LogP contribution is -2.12. The van der Waals surface area contributed by atoms with E-state index in [4.69, 9.17) is 20.7 Å². The molecule has 80 valence electrons. The molecule has 6 heteroatoms. The Hall–Kier alpha value is -2.24. The van der Waals surface area contributed by atoms with Crippen LogP contribution in [0.2, 0.25) is 0 Å². The number of aromatic carboxylic acids is 1. The van der Waals surface area contributed by atoms with Crippen LogP contribution in [0.25, 0.3) is 0 Å². The van der Waals surface area contributed by atoms with Crippen LogP contribution in [-0.2, 0) is 4.79 Å². The number of nitrogen functional groups attached to an aromatic ring is 1. The molecule has 1 rings (SSSR count). The minimum absolute atomic E-state index is 0.0531. The minimum Gasteiger partial charge on any atom is -0.480 e. The Labute approximate surface area is 84.9 Å². The van der Waals surface area contributed by atoms with E-state index in [2.05, 4.69) is 0 Å². The van der Waals surface area contributed by atoms with E-state index in [1.165, 1.54) is 18.2 Å². The van der Waals surface area contributed by atoms with Gasteiger partial charge in [-0.25, -0.2) is 9.59 Å². The highest BCUT2D eigenvalue weighted by Gasteiger charge is 2.12. The lowest BCUT2D eigenvalue weighted by Gasteiger charge is -2.08. The molecular formula is C9H9NO5. The standard InChI is InChI=1S/C9H9NO5/c10-8-5(9(13)14)2-1-3-6(8)15-4-7(11)12/h1-3H,4,10H2,(H,11,12)(H,13,14). The fourth-order valence-electron chi connectivity index (χ4n) is 0.996. The van der Waals surface area contributed by atoms with Crippen LogP contribution in [0.3, 0.4) is 0 Å². The molecule has 0 aliphatic rings. The van der Waals surface area contributed by atoms with E-state index in [0.29, 0.717) is 0 Å². The molecule has 0 fully saturated rings. The first kappa shape index (κ1) is 10.8. The lowest BCUT2D eigenvalue weighted by molar-refractivity contribution is -0.139. The van der Waals surface area contributed by atoms with Gasteiger partial charge in [0.1, 0.15) is 5.75 Å². The minimum atomic E-state index is -1.19. The second-order valence-electron chi connectivity index (χ2n) is 2.70. The van der Waals surface area contributed by atoms with Gasteiger partial charge in [0.25, 0.3) is 0 Å². The van der Waals surface area contributed by atoms with E-state index in [0.717, 1.165) is 0 Å². The maximum atomic E-state index is 10.7. The molecule has 1 aromatic rings. The predicted molar refractivity (Wildman–Crippen MR) is 50.9 cm³/mol. The van der Waals surface area contributed by atoms with Gasteiger partial charge in [-0.05, 0) is 12.1 Å². The number of nitrogens with two attached hydrogens (primary N) is 1. The number of ether oxygens (including phenoxy) is 1. The van der Waals surface area contributed by atoms with Gasteiger partial charge >= 0.3 is 11.9 Å². The number of carbonyl (C=O) groups is 2. The number of carboxylic acids is 2. The molecular weight excluding hydrogens is 202 g/mol. The number of carboxylic acid groups (broad SMARTS) is 2. The van der Waals surface area contributed by atoms with Gasteiger partial charge in [-0.2, -0.15) is 0 Å². The molecule has 4 N–H and O–H groups in total. The number of hydrogen-bond donors (Lipinski definition) is 3. The van der Waals surface area contributed by atoms with Crippen molar-refractivity contribution in [2.24, 2.45) is 0 Å². The number of aliphatic carboxylic acids is 1. The Kier molecular flexibility index (Phi) is 3.12. The molecule has 0 heterocycles. The van der Waals surface area contributed by atoms with Gasteiger partial charge in [0, 0.05) is 0 Å². The topological polar surface area (TPSA) is 110 Å². The largest absolute Gasteiger partial charge is 0.480 e. The summed E-state index contributed by atoms with van der Waals surface area (Å²) in [4.78, 5) is 20.9. The zero-order chi connectivity index (χ0) is 11.4. The fraction of sp³-hybridized carbons (Fsp3) is 0.111. The van der Waals surface area contributed by atoms with Crippen LogP contribution < -0.4 is 10.5 Å². The highest BCUT2D eigenvalue weighted by atomic mass is 16.5. The summed E-state index contributed by atoms with van der Waals surface area (Å²) in [5.74, 6) is -2.29. The van der Waals surface area contributed by atoms with E-state index >= 15 is 0 Å². The molecule has 0 amide bonds. The Balaban J connectivity index is 2.94. The van der Waals surface area contributed by atoms with Crippen molar-refractivity contribution in [3.63, 3.8) is 0 Å². The number of anilines is 1. The third kappa shape index (κ3) is 2.60. The van der Waals surface area contributed by atoms with Crippen LogP contribution in [0.5, 0.6) is 5.75 Å². The van der Waals surface area contributed by atoms with Gasteiger partial charge in [-0.15, -0.1) is 0 Å². The van der Waals surface area contributed by atoms with Crippen molar-refractivity contribution in [1.29, 1.82) is 0 Å². The van der Waals surface area contributed by atoms with E-state index in [1.54, 1.807) is 0 Å². The van der Waals surface area contributed by atoms with Crippen molar-refractivity contribution in [3.8, 4) is 5.75 Å². The average Bonchev–Trinajstić information content (AvgIpc) is 2.15. The third-order valence-corrected chi connectivity index (χ3v) is 1.65. The van der Waals surface area contributed by atoms with E-state index < -0.39 is 18.5 Å². The summed E-state index contributed by atoms with van der Waals surface area (Å²) in [5, 5.41) is 17.1. The van der Waals surface area contributed by atoms with Crippen LogP contribution in [-0.4, -0.2) is 28.8 Å². The van der Waals surface area contributed by atoms with Gasteiger partial charge < -0.3 is 20.7 Å². The number of para-hydroxylation sites is 1. The van der Waals surface area contributed by atoms with Crippen LogP contribution in [0.4, 0.5) is 5.69 Å². The Morgan fingerprint density at radius 3 is 2.53 bits per heavy atom. The molecule has 0 bridgehead atoms. The summed E-state index contributed by atoms with van der Waals surface area (Å²) in [6, 6.07) is 4.15. The molecule has 0 unspecified atom stereocenters.